The molecule has 1 aliphatic rings. The second-order valence-corrected chi connectivity index (χ2v) is 7.67. The van der Waals surface area contributed by atoms with E-state index in [2.05, 4.69) is 84.4 Å². The van der Waals surface area contributed by atoms with E-state index < -0.39 is 0 Å². The quantitative estimate of drug-likeness (QED) is 0.853. The molecule has 1 heterocycles. The summed E-state index contributed by atoms with van der Waals surface area (Å²) in [5.41, 5.74) is 5.07. The zero-order chi connectivity index (χ0) is 19.2. The van der Waals surface area contributed by atoms with Crippen molar-refractivity contribution in [2.45, 2.75) is 33.4 Å². The molecule has 2 aromatic carbocycles. The first-order valence-corrected chi connectivity index (χ1v) is 9.86. The molecule has 1 aliphatic heterocycles. The Morgan fingerprint density at radius 3 is 2.30 bits per heavy atom. The lowest BCUT2D eigenvalue weighted by molar-refractivity contribution is -0.123. The summed E-state index contributed by atoms with van der Waals surface area (Å²) in [5.74, 6) is 0.109. The highest BCUT2D eigenvalue weighted by Crippen LogP contribution is 2.17. The smallest absolute Gasteiger partial charge is 0.234 e. The highest BCUT2D eigenvalue weighted by Gasteiger charge is 2.20. The number of nitrogens with one attached hydrogen (secondary N) is 1. The minimum absolute atomic E-state index is 0.0381. The van der Waals surface area contributed by atoms with Crippen LogP contribution in [0, 0.1) is 13.8 Å². The van der Waals surface area contributed by atoms with E-state index in [4.69, 9.17) is 0 Å². The number of amides is 1. The lowest BCUT2D eigenvalue weighted by atomic mass is 10.0. The summed E-state index contributed by atoms with van der Waals surface area (Å²) >= 11 is 0. The Hall–Kier alpha value is -2.17. The largest absolute Gasteiger partial charge is 0.348 e. The zero-order valence-corrected chi connectivity index (χ0v) is 16.7. The first kappa shape index (κ1) is 19.6. The maximum atomic E-state index is 12.5. The highest BCUT2D eigenvalue weighted by atomic mass is 16.2. The van der Waals surface area contributed by atoms with E-state index in [1.807, 2.05) is 0 Å². The van der Waals surface area contributed by atoms with Crippen LogP contribution in [0.4, 0.5) is 0 Å². The molecule has 1 saturated heterocycles. The predicted octanol–water partition coefficient (Wildman–Crippen LogP) is 3.30. The summed E-state index contributed by atoms with van der Waals surface area (Å²) in [4.78, 5) is 17.2. The van der Waals surface area contributed by atoms with Gasteiger partial charge in [0.15, 0.2) is 0 Å². The van der Waals surface area contributed by atoms with Gasteiger partial charge in [0.25, 0.3) is 0 Å². The van der Waals surface area contributed by atoms with Gasteiger partial charge in [-0.1, -0.05) is 48.5 Å². The number of carbonyl (C=O) groups excluding carboxylic acids is 1. The SMILES string of the molecule is Cc1ccc(C(C)NC(=O)CN2CCN(Cc3ccccc3)CC2)cc1C. The van der Waals surface area contributed by atoms with Crippen LogP contribution in [0.3, 0.4) is 0 Å². The fraction of sp³-hybridized carbons (Fsp3) is 0.435. The zero-order valence-electron chi connectivity index (χ0n) is 16.7. The van der Waals surface area contributed by atoms with E-state index in [0.717, 1.165) is 32.7 Å². The van der Waals surface area contributed by atoms with Gasteiger partial charge in [0, 0.05) is 32.7 Å². The van der Waals surface area contributed by atoms with Crippen molar-refractivity contribution >= 4 is 5.91 Å². The molecule has 0 spiro atoms. The average Bonchev–Trinajstić information content (AvgIpc) is 2.66. The topological polar surface area (TPSA) is 35.6 Å². The average molecular weight is 366 g/mol. The van der Waals surface area contributed by atoms with Gasteiger partial charge < -0.3 is 5.32 Å². The molecule has 1 amide bonds. The predicted molar refractivity (Wildman–Crippen MR) is 111 cm³/mol. The van der Waals surface area contributed by atoms with Crippen LogP contribution in [0.15, 0.2) is 48.5 Å². The monoisotopic (exact) mass is 365 g/mol. The van der Waals surface area contributed by atoms with Crippen LogP contribution < -0.4 is 5.32 Å². The molecule has 0 aromatic heterocycles. The van der Waals surface area contributed by atoms with Crippen molar-refractivity contribution in [1.82, 2.24) is 15.1 Å². The number of rotatable bonds is 6. The number of hydrogen-bond donors (Lipinski definition) is 1. The molecular formula is C23H31N3O. The second kappa shape index (κ2) is 9.16. The van der Waals surface area contributed by atoms with Crippen molar-refractivity contribution in [3.8, 4) is 0 Å². The Balaban J connectivity index is 1.43. The molecular weight excluding hydrogens is 334 g/mol. The van der Waals surface area contributed by atoms with E-state index in [9.17, 15) is 4.79 Å². The molecule has 27 heavy (non-hydrogen) atoms. The summed E-state index contributed by atoms with van der Waals surface area (Å²) in [5, 5.41) is 3.15. The van der Waals surface area contributed by atoms with Gasteiger partial charge in [0.2, 0.25) is 5.91 Å². The maximum absolute atomic E-state index is 12.5. The normalized spacial score (nSPS) is 16.9. The molecule has 0 bridgehead atoms. The molecule has 0 aliphatic carbocycles. The Morgan fingerprint density at radius 1 is 0.963 bits per heavy atom. The molecule has 4 heteroatoms. The minimum atomic E-state index is 0.0381. The van der Waals surface area contributed by atoms with Crippen LogP contribution in [0.2, 0.25) is 0 Å². The first-order valence-electron chi connectivity index (χ1n) is 9.86. The van der Waals surface area contributed by atoms with Crippen LogP contribution in [0.5, 0.6) is 0 Å². The Kier molecular flexibility index (Phi) is 6.64. The molecule has 2 aromatic rings. The molecule has 144 valence electrons. The molecule has 3 rings (SSSR count). The summed E-state index contributed by atoms with van der Waals surface area (Å²) in [6, 6.07) is 17.0. The van der Waals surface area contributed by atoms with Crippen LogP contribution in [0.1, 0.15) is 35.2 Å². The molecule has 0 saturated carbocycles. The van der Waals surface area contributed by atoms with E-state index in [-0.39, 0.29) is 11.9 Å². The molecule has 1 unspecified atom stereocenters. The first-order chi connectivity index (χ1) is 13.0. The van der Waals surface area contributed by atoms with Gasteiger partial charge in [0.05, 0.1) is 12.6 Å². The molecule has 0 radical (unpaired) electrons. The Morgan fingerprint density at radius 2 is 1.63 bits per heavy atom. The maximum Gasteiger partial charge on any atom is 0.234 e. The standard InChI is InChI=1S/C23H31N3O/c1-18-9-10-22(15-19(18)2)20(3)24-23(27)17-26-13-11-25(12-14-26)16-21-7-5-4-6-8-21/h4-10,15,20H,11-14,16-17H2,1-3H3,(H,24,27). The second-order valence-electron chi connectivity index (χ2n) is 7.67. The molecule has 4 nitrogen and oxygen atoms in total. The number of carbonyl (C=O) groups is 1. The van der Waals surface area contributed by atoms with Crippen molar-refractivity contribution in [2.24, 2.45) is 0 Å². The third-order valence-electron chi connectivity index (χ3n) is 5.49. The van der Waals surface area contributed by atoms with Crippen LogP contribution in [0.25, 0.3) is 0 Å². The van der Waals surface area contributed by atoms with Gasteiger partial charge in [-0.2, -0.15) is 0 Å². The van der Waals surface area contributed by atoms with Crippen molar-refractivity contribution in [3.05, 3.63) is 70.8 Å². The molecule has 1 fully saturated rings. The van der Waals surface area contributed by atoms with Crippen LogP contribution >= 0.6 is 0 Å². The number of hydrogen-bond acceptors (Lipinski definition) is 3. The highest BCUT2D eigenvalue weighted by molar-refractivity contribution is 5.78. The fourth-order valence-corrected chi connectivity index (χ4v) is 3.55. The van der Waals surface area contributed by atoms with Gasteiger partial charge in [-0.25, -0.2) is 0 Å². The van der Waals surface area contributed by atoms with Crippen LogP contribution in [-0.4, -0.2) is 48.4 Å². The number of aryl methyl sites for hydroxylation is 2. The number of piperazine rings is 1. The van der Waals surface area contributed by atoms with Gasteiger partial charge in [-0.05, 0) is 43.0 Å². The summed E-state index contributed by atoms with van der Waals surface area (Å²) < 4.78 is 0. The number of nitrogens with zero attached hydrogens (tertiary/aromatic N) is 2. The lowest BCUT2D eigenvalue weighted by Crippen LogP contribution is -2.49. The lowest BCUT2D eigenvalue weighted by Gasteiger charge is -2.34. The number of benzene rings is 2. The summed E-state index contributed by atoms with van der Waals surface area (Å²) in [6.07, 6.45) is 0. The molecule has 1 N–H and O–H groups in total. The van der Waals surface area contributed by atoms with Crippen molar-refractivity contribution in [1.29, 1.82) is 0 Å². The summed E-state index contributed by atoms with van der Waals surface area (Å²) in [7, 11) is 0. The van der Waals surface area contributed by atoms with E-state index in [1.54, 1.807) is 0 Å². The van der Waals surface area contributed by atoms with E-state index in [0.29, 0.717) is 6.54 Å². The van der Waals surface area contributed by atoms with Gasteiger partial charge in [-0.15, -0.1) is 0 Å². The van der Waals surface area contributed by atoms with E-state index >= 15 is 0 Å². The molecule has 1 atom stereocenters. The van der Waals surface area contributed by atoms with Gasteiger partial charge >= 0.3 is 0 Å². The van der Waals surface area contributed by atoms with E-state index in [1.165, 1.54) is 22.3 Å². The van der Waals surface area contributed by atoms with Crippen molar-refractivity contribution in [2.75, 3.05) is 32.7 Å². The van der Waals surface area contributed by atoms with Crippen molar-refractivity contribution in [3.63, 3.8) is 0 Å². The summed E-state index contributed by atoms with van der Waals surface area (Å²) in [6.45, 7) is 11.7. The van der Waals surface area contributed by atoms with Crippen molar-refractivity contribution < 1.29 is 4.79 Å². The Bertz CT molecular complexity index is 751. The Labute approximate surface area is 163 Å². The minimum Gasteiger partial charge on any atom is -0.348 e. The third kappa shape index (κ3) is 5.65. The van der Waals surface area contributed by atoms with Gasteiger partial charge in [0.1, 0.15) is 0 Å². The van der Waals surface area contributed by atoms with Gasteiger partial charge in [-0.3, -0.25) is 14.6 Å². The third-order valence-corrected chi connectivity index (χ3v) is 5.49. The van der Waals surface area contributed by atoms with Crippen LogP contribution in [-0.2, 0) is 11.3 Å². The fourth-order valence-electron chi connectivity index (χ4n) is 3.55.